The molecule has 1 aliphatic rings. The fourth-order valence-electron chi connectivity index (χ4n) is 2.32. The standard InChI is InChI=1S/C14H21N3O/c1-16(10-12-6-2-3-7-13(12)15)11-14(18)17-8-4-5-9-17/h2-3,6-7H,4-5,8-11,15H2,1H3. The predicted molar refractivity (Wildman–Crippen MR) is 73.0 cm³/mol. The highest BCUT2D eigenvalue weighted by Crippen LogP contribution is 2.13. The SMILES string of the molecule is CN(CC(=O)N1CCCC1)Cc1ccccc1N. The Kier molecular flexibility index (Phi) is 4.20. The van der Waals surface area contributed by atoms with Gasteiger partial charge in [-0.05, 0) is 31.5 Å². The van der Waals surface area contributed by atoms with Gasteiger partial charge in [-0.1, -0.05) is 18.2 Å². The fraction of sp³-hybridized carbons (Fsp3) is 0.500. The van der Waals surface area contributed by atoms with Gasteiger partial charge in [0.05, 0.1) is 6.54 Å². The first-order valence-electron chi connectivity index (χ1n) is 6.46. The molecule has 4 heteroatoms. The summed E-state index contributed by atoms with van der Waals surface area (Å²) in [5.74, 6) is 0.226. The average Bonchev–Trinajstić information content (AvgIpc) is 2.85. The summed E-state index contributed by atoms with van der Waals surface area (Å²) in [5, 5.41) is 0. The van der Waals surface area contributed by atoms with Gasteiger partial charge in [0.1, 0.15) is 0 Å². The van der Waals surface area contributed by atoms with Crippen molar-refractivity contribution in [3.05, 3.63) is 29.8 Å². The second kappa shape index (κ2) is 5.87. The third-order valence-electron chi connectivity index (χ3n) is 3.36. The van der Waals surface area contributed by atoms with Gasteiger partial charge in [0, 0.05) is 25.3 Å². The van der Waals surface area contributed by atoms with Crippen LogP contribution in [0.4, 0.5) is 5.69 Å². The second-order valence-corrected chi connectivity index (χ2v) is 4.96. The Hall–Kier alpha value is -1.55. The van der Waals surface area contributed by atoms with E-state index in [0.717, 1.165) is 37.2 Å². The summed E-state index contributed by atoms with van der Waals surface area (Å²) >= 11 is 0. The number of benzene rings is 1. The van der Waals surface area contributed by atoms with Crippen molar-refractivity contribution in [1.29, 1.82) is 0 Å². The average molecular weight is 247 g/mol. The molecule has 1 aromatic rings. The molecule has 2 rings (SSSR count). The van der Waals surface area contributed by atoms with Crippen LogP contribution in [-0.2, 0) is 11.3 Å². The minimum atomic E-state index is 0.226. The number of rotatable bonds is 4. The van der Waals surface area contributed by atoms with E-state index < -0.39 is 0 Å². The third kappa shape index (κ3) is 3.23. The van der Waals surface area contributed by atoms with Crippen molar-refractivity contribution in [1.82, 2.24) is 9.80 Å². The van der Waals surface area contributed by atoms with Crippen LogP contribution in [0, 0.1) is 0 Å². The molecule has 4 nitrogen and oxygen atoms in total. The Labute approximate surface area is 108 Å². The zero-order valence-electron chi connectivity index (χ0n) is 10.9. The highest BCUT2D eigenvalue weighted by molar-refractivity contribution is 5.78. The summed E-state index contributed by atoms with van der Waals surface area (Å²) in [6.45, 7) is 3.01. The van der Waals surface area contributed by atoms with Gasteiger partial charge in [0.2, 0.25) is 5.91 Å². The summed E-state index contributed by atoms with van der Waals surface area (Å²) in [6, 6.07) is 7.80. The number of carbonyl (C=O) groups is 1. The van der Waals surface area contributed by atoms with Crippen LogP contribution in [0.1, 0.15) is 18.4 Å². The number of nitrogens with two attached hydrogens (primary N) is 1. The van der Waals surface area contributed by atoms with Crippen LogP contribution in [0.3, 0.4) is 0 Å². The van der Waals surface area contributed by atoms with E-state index in [1.54, 1.807) is 0 Å². The van der Waals surface area contributed by atoms with Crippen LogP contribution in [0.15, 0.2) is 24.3 Å². The van der Waals surface area contributed by atoms with Gasteiger partial charge in [0.15, 0.2) is 0 Å². The predicted octanol–water partition coefficient (Wildman–Crippen LogP) is 1.32. The molecule has 1 amide bonds. The van der Waals surface area contributed by atoms with Crippen LogP contribution in [-0.4, -0.2) is 42.4 Å². The molecule has 98 valence electrons. The Morgan fingerprint density at radius 2 is 2.00 bits per heavy atom. The molecule has 2 N–H and O–H groups in total. The molecule has 1 aliphatic heterocycles. The highest BCUT2D eigenvalue weighted by Gasteiger charge is 2.19. The lowest BCUT2D eigenvalue weighted by Gasteiger charge is -2.21. The molecule has 1 fully saturated rings. The largest absolute Gasteiger partial charge is 0.398 e. The number of carbonyl (C=O) groups excluding carboxylic acids is 1. The number of anilines is 1. The molecule has 1 saturated heterocycles. The van der Waals surface area contributed by atoms with Gasteiger partial charge >= 0.3 is 0 Å². The van der Waals surface area contributed by atoms with Gasteiger partial charge in [-0.2, -0.15) is 0 Å². The number of nitrogen functional groups attached to an aromatic ring is 1. The molecule has 0 spiro atoms. The van der Waals surface area contributed by atoms with Crippen molar-refractivity contribution in [3.63, 3.8) is 0 Å². The van der Waals surface area contributed by atoms with Gasteiger partial charge in [0.25, 0.3) is 0 Å². The van der Waals surface area contributed by atoms with E-state index in [1.165, 1.54) is 0 Å². The summed E-state index contributed by atoms with van der Waals surface area (Å²) in [5.41, 5.74) is 7.77. The Balaban J connectivity index is 1.86. The van der Waals surface area contributed by atoms with Crippen LogP contribution in [0.5, 0.6) is 0 Å². The van der Waals surface area contributed by atoms with E-state index >= 15 is 0 Å². The van der Waals surface area contributed by atoms with E-state index in [9.17, 15) is 4.79 Å². The summed E-state index contributed by atoms with van der Waals surface area (Å²) in [6.07, 6.45) is 2.28. The molecule has 0 aliphatic carbocycles. The molecule has 0 atom stereocenters. The molecular formula is C14H21N3O. The lowest BCUT2D eigenvalue weighted by atomic mass is 10.2. The summed E-state index contributed by atoms with van der Waals surface area (Å²) in [4.78, 5) is 16.0. The minimum absolute atomic E-state index is 0.226. The van der Waals surface area contributed by atoms with E-state index in [1.807, 2.05) is 41.1 Å². The summed E-state index contributed by atoms with van der Waals surface area (Å²) in [7, 11) is 1.96. The first kappa shape index (κ1) is 12.9. The lowest BCUT2D eigenvalue weighted by molar-refractivity contribution is -0.131. The van der Waals surface area contributed by atoms with Crippen molar-refractivity contribution in [3.8, 4) is 0 Å². The number of likely N-dealkylation sites (tertiary alicyclic amines) is 1. The van der Waals surface area contributed by atoms with Crippen molar-refractivity contribution in [2.75, 3.05) is 32.4 Å². The van der Waals surface area contributed by atoms with Gasteiger partial charge in [-0.25, -0.2) is 0 Å². The maximum Gasteiger partial charge on any atom is 0.236 e. The Morgan fingerprint density at radius 3 is 2.67 bits per heavy atom. The second-order valence-electron chi connectivity index (χ2n) is 4.96. The van der Waals surface area contributed by atoms with Crippen LogP contribution in [0.2, 0.25) is 0 Å². The fourth-order valence-corrected chi connectivity index (χ4v) is 2.32. The molecule has 1 aromatic carbocycles. The van der Waals surface area contributed by atoms with Crippen molar-refractivity contribution in [2.45, 2.75) is 19.4 Å². The number of para-hydroxylation sites is 1. The minimum Gasteiger partial charge on any atom is -0.398 e. The summed E-state index contributed by atoms with van der Waals surface area (Å²) < 4.78 is 0. The number of hydrogen-bond acceptors (Lipinski definition) is 3. The van der Waals surface area contributed by atoms with Crippen LogP contribution < -0.4 is 5.73 Å². The van der Waals surface area contributed by atoms with Crippen molar-refractivity contribution in [2.24, 2.45) is 0 Å². The van der Waals surface area contributed by atoms with Crippen molar-refractivity contribution >= 4 is 11.6 Å². The number of likely N-dealkylation sites (N-methyl/N-ethyl adjacent to an activating group) is 1. The first-order valence-corrected chi connectivity index (χ1v) is 6.46. The zero-order chi connectivity index (χ0) is 13.0. The number of hydrogen-bond donors (Lipinski definition) is 1. The lowest BCUT2D eigenvalue weighted by Crippen LogP contribution is -2.37. The smallest absolute Gasteiger partial charge is 0.236 e. The third-order valence-corrected chi connectivity index (χ3v) is 3.36. The van der Waals surface area contributed by atoms with E-state index in [4.69, 9.17) is 5.73 Å². The highest BCUT2D eigenvalue weighted by atomic mass is 16.2. The van der Waals surface area contributed by atoms with Gasteiger partial charge in [-0.15, -0.1) is 0 Å². The van der Waals surface area contributed by atoms with Crippen LogP contribution >= 0.6 is 0 Å². The van der Waals surface area contributed by atoms with E-state index in [-0.39, 0.29) is 5.91 Å². The quantitative estimate of drug-likeness (QED) is 0.816. The molecule has 0 saturated carbocycles. The van der Waals surface area contributed by atoms with Gasteiger partial charge < -0.3 is 10.6 Å². The Morgan fingerprint density at radius 1 is 1.33 bits per heavy atom. The first-order chi connectivity index (χ1) is 8.66. The van der Waals surface area contributed by atoms with E-state index in [2.05, 4.69) is 0 Å². The normalized spacial score (nSPS) is 15.3. The Bertz CT molecular complexity index is 413. The molecule has 1 heterocycles. The molecule has 0 aromatic heterocycles. The molecule has 0 radical (unpaired) electrons. The van der Waals surface area contributed by atoms with Crippen molar-refractivity contribution < 1.29 is 4.79 Å². The monoisotopic (exact) mass is 247 g/mol. The van der Waals surface area contributed by atoms with Crippen LogP contribution in [0.25, 0.3) is 0 Å². The zero-order valence-corrected chi connectivity index (χ0v) is 10.9. The maximum absolute atomic E-state index is 12.0. The molecule has 18 heavy (non-hydrogen) atoms. The van der Waals surface area contributed by atoms with E-state index in [0.29, 0.717) is 13.1 Å². The molecule has 0 unspecified atom stereocenters. The van der Waals surface area contributed by atoms with Gasteiger partial charge in [-0.3, -0.25) is 9.69 Å². The number of nitrogens with zero attached hydrogens (tertiary/aromatic N) is 2. The topological polar surface area (TPSA) is 49.6 Å². The number of amides is 1. The maximum atomic E-state index is 12.0. The molecule has 0 bridgehead atoms. The molecular weight excluding hydrogens is 226 g/mol.